The number of carbonyl (C=O) groups is 1. The van der Waals surface area contributed by atoms with E-state index in [1.165, 1.54) is 18.4 Å². The molecule has 2 aromatic heterocycles. The summed E-state index contributed by atoms with van der Waals surface area (Å²) in [4.78, 5) is 12.6. The zero-order valence-corrected chi connectivity index (χ0v) is 17.5. The molecule has 8 nitrogen and oxygen atoms in total. The van der Waals surface area contributed by atoms with E-state index in [9.17, 15) is 4.79 Å². The summed E-state index contributed by atoms with van der Waals surface area (Å²) in [6, 6.07) is 13.7. The molecule has 1 aliphatic rings. The molecule has 2 N–H and O–H groups in total. The topological polar surface area (TPSA) is 102 Å². The van der Waals surface area contributed by atoms with Gasteiger partial charge in [0.1, 0.15) is 0 Å². The minimum atomic E-state index is -0.692. The zero-order chi connectivity index (χ0) is 20.8. The van der Waals surface area contributed by atoms with Crippen LogP contribution >= 0.6 is 11.3 Å². The van der Waals surface area contributed by atoms with Gasteiger partial charge in [-0.2, -0.15) is 10.2 Å². The highest BCUT2D eigenvalue weighted by atomic mass is 32.1. The molecule has 1 aliphatic carbocycles. The highest BCUT2D eigenvalue weighted by molar-refractivity contribution is 7.19. The first-order valence-corrected chi connectivity index (χ1v) is 10.8. The van der Waals surface area contributed by atoms with Crippen LogP contribution in [-0.2, 0) is 9.53 Å². The molecule has 30 heavy (non-hydrogen) atoms. The Bertz CT molecular complexity index is 944. The number of nitrogens with one attached hydrogen (secondary N) is 2. The molecule has 9 heteroatoms. The van der Waals surface area contributed by atoms with E-state index in [0.717, 1.165) is 36.9 Å². The van der Waals surface area contributed by atoms with Gasteiger partial charge in [0.2, 0.25) is 10.3 Å². The summed E-state index contributed by atoms with van der Waals surface area (Å²) in [5.74, 6) is 0.195. The Labute approximate surface area is 179 Å². The fraction of sp³-hybridized carbons (Fsp3) is 0.381. The van der Waals surface area contributed by atoms with Crippen molar-refractivity contribution in [1.29, 1.82) is 0 Å². The molecule has 1 fully saturated rings. The van der Waals surface area contributed by atoms with Gasteiger partial charge in [-0.1, -0.05) is 41.7 Å². The van der Waals surface area contributed by atoms with Crippen molar-refractivity contribution in [1.82, 2.24) is 20.4 Å². The molecule has 156 valence electrons. The lowest BCUT2D eigenvalue weighted by Crippen LogP contribution is -2.25. The van der Waals surface area contributed by atoms with Crippen LogP contribution < -0.4 is 10.6 Å². The lowest BCUT2D eigenvalue weighted by molar-refractivity contribution is -0.126. The van der Waals surface area contributed by atoms with Gasteiger partial charge in [-0.25, -0.2) is 0 Å². The van der Waals surface area contributed by atoms with Crippen LogP contribution in [0.4, 0.5) is 10.3 Å². The van der Waals surface area contributed by atoms with Gasteiger partial charge >= 0.3 is 0 Å². The van der Waals surface area contributed by atoms with E-state index in [1.54, 1.807) is 6.20 Å². The summed E-state index contributed by atoms with van der Waals surface area (Å²) in [5, 5.41) is 23.9. The summed E-state index contributed by atoms with van der Waals surface area (Å²) < 4.78 is 5.36. The number of rotatable bonds is 7. The average molecular weight is 425 g/mol. The largest absolute Gasteiger partial charge is 0.367 e. The molecule has 0 bridgehead atoms. The number of hydrogen-bond acceptors (Lipinski definition) is 8. The summed E-state index contributed by atoms with van der Waals surface area (Å²) in [7, 11) is 1.52. The highest BCUT2D eigenvalue weighted by Gasteiger charge is 2.25. The molecule has 2 heterocycles. The standard InChI is InChI=1S/C21H24N6O2S/c1-29-18(15-6-3-2-4-7-15)19(28)24-21-27-26-20(30-21)23-16-11-9-14(10-12-16)17-8-5-13-22-25-17/h2-8,13-14,16,18H,9-12H2,1H3,(H,23,26)(H,24,27,28)/t14-,16+,18-/m0/s1. The lowest BCUT2D eigenvalue weighted by Gasteiger charge is -2.28. The monoisotopic (exact) mass is 424 g/mol. The van der Waals surface area contributed by atoms with Crippen molar-refractivity contribution in [3.8, 4) is 0 Å². The number of benzene rings is 1. The predicted molar refractivity (Wildman–Crippen MR) is 115 cm³/mol. The fourth-order valence-corrected chi connectivity index (χ4v) is 4.49. The molecule has 0 unspecified atom stereocenters. The third-order valence-corrected chi connectivity index (χ3v) is 6.07. The average Bonchev–Trinajstić information content (AvgIpc) is 3.23. The quantitative estimate of drug-likeness (QED) is 0.595. The van der Waals surface area contributed by atoms with E-state index in [1.807, 2.05) is 42.5 Å². The van der Waals surface area contributed by atoms with Crippen LogP contribution in [0.2, 0.25) is 0 Å². The normalized spacial score (nSPS) is 19.8. The molecular formula is C21H24N6O2S. The van der Waals surface area contributed by atoms with Gasteiger partial charge < -0.3 is 10.1 Å². The number of anilines is 2. The Morgan fingerprint density at radius 3 is 2.50 bits per heavy atom. The summed E-state index contributed by atoms with van der Waals surface area (Å²) >= 11 is 1.33. The molecule has 0 saturated heterocycles. The van der Waals surface area contributed by atoms with E-state index in [-0.39, 0.29) is 5.91 Å². The Kier molecular flexibility index (Phi) is 6.60. The summed E-state index contributed by atoms with van der Waals surface area (Å²) in [5.41, 5.74) is 1.86. The van der Waals surface area contributed by atoms with E-state index in [2.05, 4.69) is 31.0 Å². The number of aromatic nitrogens is 4. The summed E-state index contributed by atoms with van der Waals surface area (Å²) in [6.07, 6.45) is 5.20. The van der Waals surface area contributed by atoms with Crippen LogP contribution in [0.3, 0.4) is 0 Å². The third-order valence-electron chi connectivity index (χ3n) is 5.30. The Morgan fingerprint density at radius 1 is 1.03 bits per heavy atom. The van der Waals surface area contributed by atoms with Crippen molar-refractivity contribution in [2.24, 2.45) is 0 Å². The first-order chi connectivity index (χ1) is 14.7. The van der Waals surface area contributed by atoms with E-state index >= 15 is 0 Å². The van der Waals surface area contributed by atoms with Crippen LogP contribution in [0.15, 0.2) is 48.7 Å². The maximum Gasteiger partial charge on any atom is 0.259 e. The molecule has 3 aromatic rings. The third kappa shape index (κ3) is 4.98. The molecular weight excluding hydrogens is 400 g/mol. The van der Waals surface area contributed by atoms with Gasteiger partial charge in [0, 0.05) is 25.3 Å². The van der Waals surface area contributed by atoms with Crippen molar-refractivity contribution >= 4 is 27.5 Å². The lowest BCUT2D eigenvalue weighted by atomic mass is 9.84. The van der Waals surface area contributed by atoms with Crippen LogP contribution in [0.5, 0.6) is 0 Å². The highest BCUT2D eigenvalue weighted by Crippen LogP contribution is 2.33. The minimum absolute atomic E-state index is 0.268. The maximum absolute atomic E-state index is 12.6. The van der Waals surface area contributed by atoms with E-state index < -0.39 is 6.10 Å². The molecule has 1 atom stereocenters. The van der Waals surface area contributed by atoms with E-state index in [4.69, 9.17) is 4.74 Å². The number of methoxy groups -OCH3 is 1. The molecule has 1 amide bonds. The van der Waals surface area contributed by atoms with Crippen molar-refractivity contribution in [3.05, 3.63) is 59.9 Å². The number of amides is 1. The molecule has 0 radical (unpaired) electrons. The van der Waals surface area contributed by atoms with Crippen molar-refractivity contribution in [3.63, 3.8) is 0 Å². The molecule has 1 aromatic carbocycles. The van der Waals surface area contributed by atoms with Gasteiger partial charge in [-0.3, -0.25) is 10.1 Å². The maximum atomic E-state index is 12.6. The molecule has 1 saturated carbocycles. The second kappa shape index (κ2) is 9.73. The van der Waals surface area contributed by atoms with Crippen molar-refractivity contribution in [2.45, 2.75) is 43.7 Å². The first kappa shape index (κ1) is 20.4. The molecule has 0 spiro atoms. The van der Waals surface area contributed by atoms with Gasteiger partial charge in [0.25, 0.3) is 5.91 Å². The van der Waals surface area contributed by atoms with Gasteiger partial charge in [-0.15, -0.1) is 10.2 Å². The molecule has 0 aliphatic heterocycles. The Hall–Kier alpha value is -2.91. The van der Waals surface area contributed by atoms with Crippen molar-refractivity contribution < 1.29 is 9.53 Å². The number of carbonyl (C=O) groups excluding carboxylic acids is 1. The van der Waals surface area contributed by atoms with Crippen molar-refractivity contribution in [2.75, 3.05) is 17.7 Å². The van der Waals surface area contributed by atoms with Gasteiger partial charge in [0.05, 0.1) is 5.69 Å². The smallest absolute Gasteiger partial charge is 0.259 e. The number of ether oxygens (including phenoxy) is 1. The summed E-state index contributed by atoms with van der Waals surface area (Å²) in [6.45, 7) is 0. The minimum Gasteiger partial charge on any atom is -0.367 e. The Balaban J connectivity index is 1.30. The van der Waals surface area contributed by atoms with Crippen LogP contribution in [0, 0.1) is 0 Å². The SMILES string of the molecule is CO[C@H](C(=O)Nc1nnc(N[C@H]2CC[C@@H](c3cccnn3)CC2)s1)c1ccccc1. The van der Waals surface area contributed by atoms with Crippen LogP contribution in [0.25, 0.3) is 0 Å². The first-order valence-electron chi connectivity index (χ1n) is 9.99. The Morgan fingerprint density at radius 2 is 1.80 bits per heavy atom. The number of nitrogens with zero attached hydrogens (tertiary/aromatic N) is 4. The van der Waals surface area contributed by atoms with Gasteiger partial charge in [0.15, 0.2) is 6.10 Å². The second-order valence-corrected chi connectivity index (χ2v) is 8.25. The van der Waals surface area contributed by atoms with Gasteiger partial charge in [-0.05, 0) is 43.4 Å². The van der Waals surface area contributed by atoms with E-state index in [0.29, 0.717) is 22.2 Å². The predicted octanol–water partition coefficient (Wildman–Crippen LogP) is 3.79. The molecule has 4 rings (SSSR count). The fourth-order valence-electron chi connectivity index (χ4n) is 3.76. The second-order valence-electron chi connectivity index (χ2n) is 7.27. The van der Waals surface area contributed by atoms with Crippen LogP contribution in [-0.4, -0.2) is 39.5 Å². The van der Waals surface area contributed by atoms with Crippen LogP contribution in [0.1, 0.15) is 49.0 Å². The number of hydrogen-bond donors (Lipinski definition) is 2. The zero-order valence-electron chi connectivity index (χ0n) is 16.7.